The Morgan fingerprint density at radius 3 is 2.47 bits per heavy atom. The molecular weight excluding hydrogens is 577 g/mol. The van der Waals surface area contributed by atoms with Crippen molar-refractivity contribution in [1.82, 2.24) is 14.8 Å². The summed E-state index contributed by atoms with van der Waals surface area (Å²) in [6.45, 7) is 22.7. The maximum absolute atomic E-state index is 15.1. The maximum atomic E-state index is 15.1. The Bertz CT molecular complexity index is 1680. The molecule has 5 rings (SSSR count). The molecule has 0 amide bonds. The smallest absolute Gasteiger partial charge is 0.150 e. The van der Waals surface area contributed by atoms with Crippen molar-refractivity contribution >= 4 is 45.3 Å². The van der Waals surface area contributed by atoms with Crippen molar-refractivity contribution in [3.63, 3.8) is 0 Å². The first-order chi connectivity index (χ1) is 20.4. The Labute approximate surface area is 262 Å². The van der Waals surface area contributed by atoms with Crippen LogP contribution in [0.25, 0.3) is 11.3 Å². The lowest BCUT2D eigenvalue weighted by Crippen LogP contribution is -2.58. The third-order valence-electron chi connectivity index (χ3n) is 8.16. The van der Waals surface area contributed by atoms with Gasteiger partial charge in [-0.25, -0.2) is 14.4 Å². The van der Waals surface area contributed by atoms with Crippen LogP contribution in [0.1, 0.15) is 44.7 Å². The van der Waals surface area contributed by atoms with E-state index in [-0.39, 0.29) is 34.3 Å². The molecule has 3 heterocycles. The fourth-order valence-corrected chi connectivity index (χ4v) is 6.72. The first-order valence-corrected chi connectivity index (χ1v) is 16.6. The van der Waals surface area contributed by atoms with Gasteiger partial charge in [0.05, 0.1) is 22.0 Å². The second-order valence-electron chi connectivity index (χ2n) is 11.6. The summed E-state index contributed by atoms with van der Waals surface area (Å²) in [5, 5.41) is 0.356. The average molecular weight is 616 g/mol. The van der Waals surface area contributed by atoms with Crippen molar-refractivity contribution in [1.29, 1.82) is 0 Å². The summed E-state index contributed by atoms with van der Waals surface area (Å²) >= 11 is 6.91. The van der Waals surface area contributed by atoms with Crippen LogP contribution in [0.3, 0.4) is 0 Å². The molecule has 224 valence electrons. The van der Waals surface area contributed by atoms with Gasteiger partial charge in [0.1, 0.15) is 17.5 Å². The van der Waals surface area contributed by atoms with E-state index in [4.69, 9.17) is 21.6 Å². The molecule has 0 aliphatic carbocycles. The SMILES string of the molecule is C=CC(=C)N1C[C@H](C)N(C2=NC(=C)N(c3ccc(S(=C)C)cc3C(C)C)c3nc(-c4ccccc4F)c(Cl)cc32)C[C@H]1C. The molecule has 1 fully saturated rings. The van der Waals surface area contributed by atoms with Crippen molar-refractivity contribution < 1.29 is 4.39 Å². The Morgan fingerprint density at radius 2 is 1.81 bits per heavy atom. The monoisotopic (exact) mass is 615 g/mol. The van der Waals surface area contributed by atoms with Gasteiger partial charge in [-0.05, 0) is 74.1 Å². The van der Waals surface area contributed by atoms with E-state index in [1.54, 1.807) is 24.3 Å². The Morgan fingerprint density at radius 1 is 1.09 bits per heavy atom. The quantitative estimate of drug-likeness (QED) is 0.205. The van der Waals surface area contributed by atoms with Crippen LogP contribution in [0, 0.1) is 5.82 Å². The zero-order valence-corrected chi connectivity index (χ0v) is 27.1. The second-order valence-corrected chi connectivity index (χ2v) is 13.7. The molecule has 43 heavy (non-hydrogen) atoms. The van der Waals surface area contributed by atoms with Gasteiger partial charge in [0.15, 0.2) is 5.82 Å². The highest BCUT2D eigenvalue weighted by Gasteiger charge is 2.37. The number of benzene rings is 2. The third kappa shape index (κ3) is 5.68. The predicted molar refractivity (Wildman–Crippen MR) is 184 cm³/mol. The minimum absolute atomic E-state index is 0.105. The first-order valence-electron chi connectivity index (χ1n) is 14.4. The van der Waals surface area contributed by atoms with E-state index < -0.39 is 0 Å². The maximum Gasteiger partial charge on any atom is 0.150 e. The molecule has 1 unspecified atom stereocenters. The molecule has 3 atom stereocenters. The van der Waals surface area contributed by atoms with Gasteiger partial charge in [0.2, 0.25) is 0 Å². The molecule has 5 nitrogen and oxygen atoms in total. The number of anilines is 2. The number of piperazine rings is 1. The zero-order valence-electron chi connectivity index (χ0n) is 25.6. The topological polar surface area (TPSA) is 35.0 Å². The molecule has 0 spiro atoms. The van der Waals surface area contributed by atoms with Crippen LogP contribution < -0.4 is 4.90 Å². The minimum Gasteiger partial charge on any atom is -0.365 e. The predicted octanol–water partition coefficient (Wildman–Crippen LogP) is 8.82. The summed E-state index contributed by atoms with van der Waals surface area (Å²) < 4.78 is 15.1. The molecule has 0 radical (unpaired) electrons. The van der Waals surface area contributed by atoms with Crippen molar-refractivity contribution in [2.75, 3.05) is 24.2 Å². The number of hydrogen-bond acceptors (Lipinski definition) is 5. The number of amidine groups is 1. The highest BCUT2D eigenvalue weighted by Crippen LogP contribution is 2.44. The zero-order chi connectivity index (χ0) is 31.2. The third-order valence-corrected chi connectivity index (χ3v) is 9.50. The molecule has 2 aliphatic heterocycles. The number of halogens is 2. The summed E-state index contributed by atoms with van der Waals surface area (Å²) in [5.74, 6) is 6.00. The minimum atomic E-state index is -0.384. The molecule has 1 saturated heterocycles. The molecule has 3 aromatic rings. The van der Waals surface area contributed by atoms with E-state index in [1.807, 2.05) is 11.0 Å². The standard InChI is InChI=1S/C35H39ClFN5S/c1-10-22(4)40-19-24(6)41(20-23(40)5)34-29-18-30(36)33(27-13-11-12-14-31(27)37)39-35(29)42(25(7)38-34)32-16-15-26(43(8)9)17-28(32)21(2)3/h10-18,21,23-24H,1,4,7-8,19-20H2,2-3,5-6,9H3/t23-,24+,43?/m1/s1. The van der Waals surface area contributed by atoms with Crippen molar-refractivity contribution in [3.05, 3.63) is 108 Å². The van der Waals surface area contributed by atoms with Gasteiger partial charge in [0.25, 0.3) is 0 Å². The van der Waals surface area contributed by atoms with Crippen LogP contribution in [-0.4, -0.2) is 57.9 Å². The fraction of sp³-hybridized carbons (Fsp3) is 0.286. The largest absolute Gasteiger partial charge is 0.365 e. The molecule has 1 aromatic heterocycles. The summed E-state index contributed by atoms with van der Waals surface area (Å²) in [5.41, 5.74) is 4.46. The molecule has 0 N–H and O–H groups in total. The summed E-state index contributed by atoms with van der Waals surface area (Å²) in [4.78, 5) is 17.9. The number of aliphatic imine (C=N–C) groups is 1. The molecule has 0 saturated carbocycles. The van der Waals surface area contributed by atoms with Gasteiger partial charge >= 0.3 is 0 Å². The fourth-order valence-electron chi connectivity index (χ4n) is 5.84. The number of rotatable bonds is 6. The van der Waals surface area contributed by atoms with Crippen LogP contribution in [0.15, 0.2) is 95.7 Å². The van der Waals surface area contributed by atoms with Crippen LogP contribution in [0.2, 0.25) is 5.02 Å². The van der Waals surface area contributed by atoms with E-state index in [0.717, 1.165) is 34.9 Å². The number of aromatic nitrogens is 1. The first kappa shape index (κ1) is 30.8. The Hall–Kier alpha value is -3.68. The Kier molecular flexibility index (Phi) is 8.68. The van der Waals surface area contributed by atoms with Gasteiger partial charge in [0, 0.05) is 41.3 Å². The van der Waals surface area contributed by atoms with Gasteiger partial charge in [-0.2, -0.15) is 10.5 Å². The summed E-state index contributed by atoms with van der Waals surface area (Å²) in [7, 11) is -0.147. The van der Waals surface area contributed by atoms with Gasteiger partial charge < -0.3 is 9.80 Å². The van der Waals surface area contributed by atoms with E-state index in [1.165, 1.54) is 11.0 Å². The number of pyridine rings is 1. The number of allylic oxidation sites excluding steroid dienone is 1. The van der Waals surface area contributed by atoms with Crippen LogP contribution in [0.4, 0.5) is 15.9 Å². The molecule has 0 bridgehead atoms. The van der Waals surface area contributed by atoms with Crippen LogP contribution >= 0.6 is 22.1 Å². The van der Waals surface area contributed by atoms with Gasteiger partial charge in [-0.3, -0.25) is 4.90 Å². The van der Waals surface area contributed by atoms with Crippen molar-refractivity contribution in [3.8, 4) is 11.3 Å². The van der Waals surface area contributed by atoms with E-state index in [2.05, 4.69) is 87.6 Å². The number of fused-ring (bicyclic) bond motifs is 1. The molecule has 2 aliphatic rings. The lowest BCUT2D eigenvalue weighted by atomic mass is 9.98. The van der Waals surface area contributed by atoms with Crippen molar-refractivity contribution in [2.24, 2.45) is 4.99 Å². The van der Waals surface area contributed by atoms with E-state index in [9.17, 15) is 0 Å². The van der Waals surface area contributed by atoms with Crippen LogP contribution in [-0.2, 0) is 0 Å². The summed E-state index contributed by atoms with van der Waals surface area (Å²) in [6.07, 6.45) is 3.91. The number of nitrogens with zero attached hydrogens (tertiary/aromatic N) is 5. The lowest BCUT2D eigenvalue weighted by Gasteiger charge is -2.48. The second kappa shape index (κ2) is 12.1. The number of hydrogen-bond donors (Lipinski definition) is 0. The molecular formula is C35H39ClFN5S. The lowest BCUT2D eigenvalue weighted by molar-refractivity contribution is 0.120. The highest BCUT2D eigenvalue weighted by atomic mass is 35.5. The summed E-state index contributed by atoms with van der Waals surface area (Å²) in [6, 6.07) is 15.1. The van der Waals surface area contributed by atoms with Crippen molar-refractivity contribution in [2.45, 2.75) is 50.6 Å². The van der Waals surface area contributed by atoms with Crippen LogP contribution in [0.5, 0.6) is 0 Å². The Balaban J connectivity index is 1.72. The normalized spacial score (nSPS) is 19.3. The van der Waals surface area contributed by atoms with E-state index >= 15 is 4.39 Å². The van der Waals surface area contributed by atoms with Gasteiger partial charge in [-0.15, -0.1) is 0 Å². The average Bonchev–Trinajstić information content (AvgIpc) is 2.97. The highest BCUT2D eigenvalue weighted by molar-refractivity contribution is 8.13. The van der Waals surface area contributed by atoms with E-state index in [0.29, 0.717) is 34.5 Å². The molecule has 8 heteroatoms. The van der Waals surface area contributed by atoms with Gasteiger partial charge in [-0.1, -0.05) is 63.2 Å². The molecule has 2 aromatic carbocycles.